The molecule has 5 rings (SSSR count). The van der Waals surface area contributed by atoms with Gasteiger partial charge >= 0.3 is 12.1 Å². The van der Waals surface area contributed by atoms with E-state index in [1.807, 2.05) is 26.2 Å². The van der Waals surface area contributed by atoms with Crippen LogP contribution in [0.25, 0.3) is 0 Å². The van der Waals surface area contributed by atoms with Gasteiger partial charge in [-0.3, -0.25) is 4.79 Å². The van der Waals surface area contributed by atoms with Crippen LogP contribution in [-0.4, -0.2) is 59.3 Å². The lowest BCUT2D eigenvalue weighted by atomic mass is 9.81. The van der Waals surface area contributed by atoms with Gasteiger partial charge in [0, 0.05) is 30.8 Å². The Balaban J connectivity index is 1.38. The van der Waals surface area contributed by atoms with Crippen LogP contribution in [0, 0.1) is 29.1 Å². The van der Waals surface area contributed by atoms with Gasteiger partial charge in [-0.05, 0) is 102 Å². The molecule has 238 valence electrons. The van der Waals surface area contributed by atoms with Crippen molar-refractivity contribution in [3.05, 3.63) is 39.7 Å². The van der Waals surface area contributed by atoms with E-state index < -0.39 is 17.6 Å². The number of hydrogen-bond acceptors (Lipinski definition) is 6. The molecule has 0 aromatic carbocycles. The second kappa shape index (κ2) is 13.1. The van der Waals surface area contributed by atoms with Crippen molar-refractivity contribution in [2.45, 2.75) is 96.0 Å². The number of nitrogens with zero attached hydrogens (tertiary/aromatic N) is 3. The SMILES string of the molecule is CN(C)Cc1ccnc(O[C@H]2CC[C@H](N(c3cc(C#CC4(C(F)(F)F)CC4)sc3C(=O)O)C(=O)[C@H]3CC[C@H](C)CC3)CC2)c1. The number of thiophene rings is 1. The van der Waals surface area contributed by atoms with Crippen molar-refractivity contribution in [1.82, 2.24) is 9.88 Å². The van der Waals surface area contributed by atoms with Crippen LogP contribution in [0.1, 0.15) is 91.2 Å². The number of ether oxygens (including phenoxy) is 1. The molecule has 0 spiro atoms. The Hall–Kier alpha value is -3.10. The molecule has 0 atom stereocenters. The average Bonchev–Trinajstić information content (AvgIpc) is 3.66. The molecule has 11 heteroatoms. The van der Waals surface area contributed by atoms with E-state index in [1.54, 1.807) is 11.1 Å². The maximum absolute atomic E-state index is 14.2. The summed E-state index contributed by atoms with van der Waals surface area (Å²) in [6.45, 7) is 2.93. The number of halogens is 3. The fourth-order valence-electron chi connectivity index (χ4n) is 6.33. The van der Waals surface area contributed by atoms with Crippen molar-refractivity contribution in [2.24, 2.45) is 17.3 Å². The minimum absolute atomic E-state index is 0.0565. The van der Waals surface area contributed by atoms with E-state index >= 15 is 0 Å². The summed E-state index contributed by atoms with van der Waals surface area (Å²) in [5, 5.41) is 10.1. The number of amides is 1. The number of carboxylic acid groups (broad SMARTS) is 1. The molecule has 0 aliphatic heterocycles. The topological polar surface area (TPSA) is 83.0 Å². The Labute approximate surface area is 260 Å². The summed E-state index contributed by atoms with van der Waals surface area (Å²) in [4.78, 5) is 34.8. The molecule has 0 saturated heterocycles. The quantitative estimate of drug-likeness (QED) is 0.312. The highest BCUT2D eigenvalue weighted by atomic mass is 32.1. The van der Waals surface area contributed by atoms with E-state index in [-0.39, 0.29) is 52.3 Å². The maximum atomic E-state index is 14.2. The lowest BCUT2D eigenvalue weighted by Gasteiger charge is -2.39. The molecule has 0 bridgehead atoms. The third-order valence-electron chi connectivity index (χ3n) is 9.08. The summed E-state index contributed by atoms with van der Waals surface area (Å²) in [5.41, 5.74) is -0.684. The number of rotatable bonds is 8. The molecular formula is C33H40F3N3O4S. The molecule has 1 N–H and O–H groups in total. The molecule has 7 nitrogen and oxygen atoms in total. The zero-order valence-corrected chi connectivity index (χ0v) is 26.3. The minimum Gasteiger partial charge on any atom is -0.477 e. The summed E-state index contributed by atoms with van der Waals surface area (Å²) >= 11 is 0.840. The van der Waals surface area contributed by atoms with E-state index in [0.717, 1.165) is 49.1 Å². The Morgan fingerprint density at radius 1 is 1.09 bits per heavy atom. The van der Waals surface area contributed by atoms with Gasteiger partial charge in [-0.2, -0.15) is 13.2 Å². The van der Waals surface area contributed by atoms with Gasteiger partial charge in [0.25, 0.3) is 0 Å². The van der Waals surface area contributed by atoms with Crippen LogP contribution in [0.2, 0.25) is 0 Å². The highest BCUT2D eigenvalue weighted by molar-refractivity contribution is 7.15. The van der Waals surface area contributed by atoms with Gasteiger partial charge in [-0.25, -0.2) is 9.78 Å². The van der Waals surface area contributed by atoms with Crippen molar-refractivity contribution in [1.29, 1.82) is 0 Å². The largest absolute Gasteiger partial charge is 0.477 e. The van der Waals surface area contributed by atoms with Crippen LogP contribution in [0.3, 0.4) is 0 Å². The summed E-state index contributed by atoms with van der Waals surface area (Å²) in [6, 6.07) is 5.14. The van der Waals surface area contributed by atoms with Crippen LogP contribution < -0.4 is 9.64 Å². The number of hydrogen-bond donors (Lipinski definition) is 1. The Bertz CT molecular complexity index is 1410. The molecule has 0 radical (unpaired) electrons. The first-order valence-corrected chi connectivity index (χ1v) is 16.2. The van der Waals surface area contributed by atoms with E-state index in [1.165, 1.54) is 6.07 Å². The Kier molecular flexibility index (Phi) is 9.61. The molecule has 3 aliphatic rings. The zero-order valence-electron chi connectivity index (χ0n) is 25.5. The van der Waals surface area contributed by atoms with Crippen molar-refractivity contribution in [3.63, 3.8) is 0 Å². The van der Waals surface area contributed by atoms with Crippen LogP contribution in [-0.2, 0) is 11.3 Å². The number of carboxylic acids is 1. The number of carbonyl (C=O) groups is 2. The molecule has 2 aromatic heterocycles. The van der Waals surface area contributed by atoms with Gasteiger partial charge in [-0.1, -0.05) is 18.8 Å². The molecular weight excluding hydrogens is 591 g/mol. The fourth-order valence-corrected chi connectivity index (χ4v) is 7.17. The maximum Gasteiger partial charge on any atom is 0.405 e. The predicted molar refractivity (Wildman–Crippen MR) is 163 cm³/mol. The molecule has 44 heavy (non-hydrogen) atoms. The van der Waals surface area contributed by atoms with Crippen LogP contribution in [0.4, 0.5) is 18.9 Å². The first-order valence-electron chi connectivity index (χ1n) is 15.4. The summed E-state index contributed by atoms with van der Waals surface area (Å²) in [7, 11) is 3.99. The Morgan fingerprint density at radius 3 is 2.36 bits per heavy atom. The van der Waals surface area contributed by atoms with Gasteiger partial charge in [0.05, 0.1) is 10.6 Å². The van der Waals surface area contributed by atoms with Crippen molar-refractivity contribution in [2.75, 3.05) is 19.0 Å². The standard InChI is InChI=1S/C33H40F3N3O4S/c1-21-4-6-23(7-5-21)30(40)39(24-8-10-25(11-9-24)43-28-18-22(13-17-37-28)20-38(2)3)27-19-26(44-29(27)31(41)42)12-14-32(15-16-32)33(34,35)36/h13,17-19,21,23-25H,4-11,15-16,20H2,1-3H3,(H,41,42)/t21-,23-,24-,25-. The normalized spacial score (nSPS) is 24.7. The van der Waals surface area contributed by atoms with Gasteiger partial charge in [0.1, 0.15) is 16.4 Å². The number of aromatic carboxylic acids is 1. The highest BCUT2D eigenvalue weighted by Gasteiger charge is 2.62. The van der Waals surface area contributed by atoms with Gasteiger partial charge < -0.3 is 19.6 Å². The third-order valence-corrected chi connectivity index (χ3v) is 10.1. The summed E-state index contributed by atoms with van der Waals surface area (Å²) in [5.74, 6) is 4.54. The van der Waals surface area contributed by atoms with E-state index in [4.69, 9.17) is 4.74 Å². The van der Waals surface area contributed by atoms with Crippen molar-refractivity contribution >= 4 is 28.9 Å². The summed E-state index contributed by atoms with van der Waals surface area (Å²) in [6.07, 6.45) is 2.93. The van der Waals surface area contributed by atoms with Crippen LogP contribution >= 0.6 is 11.3 Å². The van der Waals surface area contributed by atoms with E-state index in [0.29, 0.717) is 37.5 Å². The molecule has 3 fully saturated rings. The lowest BCUT2D eigenvalue weighted by molar-refractivity contribution is -0.168. The number of aromatic nitrogens is 1. The monoisotopic (exact) mass is 631 g/mol. The Morgan fingerprint density at radius 2 is 1.77 bits per heavy atom. The van der Waals surface area contributed by atoms with Gasteiger partial charge in [0.15, 0.2) is 0 Å². The van der Waals surface area contributed by atoms with Gasteiger partial charge in [0.2, 0.25) is 11.8 Å². The zero-order chi connectivity index (χ0) is 31.6. The van der Waals surface area contributed by atoms with Crippen LogP contribution in [0.5, 0.6) is 5.88 Å². The van der Waals surface area contributed by atoms with Crippen molar-refractivity contribution in [3.8, 4) is 17.7 Å². The number of anilines is 1. The predicted octanol–water partition coefficient (Wildman–Crippen LogP) is 7.15. The molecule has 1 amide bonds. The number of pyridine rings is 1. The lowest BCUT2D eigenvalue weighted by Crippen LogP contribution is -2.47. The first-order chi connectivity index (χ1) is 20.8. The molecule has 2 heterocycles. The second-order valence-corrected chi connectivity index (χ2v) is 14.0. The number of alkyl halides is 3. The minimum atomic E-state index is -4.43. The molecule has 3 aliphatic carbocycles. The fraction of sp³-hybridized carbons (Fsp3) is 0.606. The van der Waals surface area contributed by atoms with Crippen molar-refractivity contribution < 1.29 is 32.6 Å². The third kappa shape index (κ3) is 7.40. The highest BCUT2D eigenvalue weighted by Crippen LogP contribution is 2.57. The molecule has 0 unspecified atom stereocenters. The summed E-state index contributed by atoms with van der Waals surface area (Å²) < 4.78 is 46.7. The van der Waals surface area contributed by atoms with Gasteiger partial charge in [-0.15, -0.1) is 11.3 Å². The van der Waals surface area contributed by atoms with E-state index in [2.05, 4.69) is 28.6 Å². The molecule has 3 saturated carbocycles. The van der Waals surface area contributed by atoms with Crippen LogP contribution in [0.15, 0.2) is 24.4 Å². The second-order valence-electron chi connectivity index (χ2n) is 12.9. The number of carbonyl (C=O) groups excluding carboxylic acids is 1. The molecule has 2 aromatic rings. The van der Waals surface area contributed by atoms with E-state index in [9.17, 15) is 27.9 Å². The average molecular weight is 632 g/mol. The smallest absolute Gasteiger partial charge is 0.405 e. The first kappa shape index (κ1) is 32.3.